The van der Waals surface area contributed by atoms with Crippen molar-refractivity contribution in [2.75, 3.05) is 11.9 Å². The van der Waals surface area contributed by atoms with Gasteiger partial charge in [0.05, 0.1) is 12.3 Å². The van der Waals surface area contributed by atoms with Crippen molar-refractivity contribution in [2.24, 2.45) is 5.92 Å². The molecule has 0 spiro atoms. The summed E-state index contributed by atoms with van der Waals surface area (Å²) in [6.45, 7) is 2.18. The van der Waals surface area contributed by atoms with E-state index in [9.17, 15) is 0 Å². The van der Waals surface area contributed by atoms with Crippen LogP contribution in [0.4, 0.5) is 5.82 Å². The highest BCUT2D eigenvalue weighted by atomic mass is 16.3. The second-order valence-corrected chi connectivity index (χ2v) is 4.23. The van der Waals surface area contributed by atoms with Gasteiger partial charge < -0.3 is 10.0 Å². The molecule has 0 bridgehead atoms. The lowest BCUT2D eigenvalue weighted by atomic mass is 10.2. The van der Waals surface area contributed by atoms with Crippen molar-refractivity contribution in [2.45, 2.75) is 32.4 Å². The lowest BCUT2D eigenvalue weighted by Gasteiger charge is -2.25. The van der Waals surface area contributed by atoms with E-state index in [0.29, 0.717) is 11.7 Å². The first kappa shape index (κ1) is 10.4. The average Bonchev–Trinajstić information content (AvgIpc) is 3.11. The maximum absolute atomic E-state index is 8.86. The fourth-order valence-corrected chi connectivity index (χ4v) is 1.73. The number of hydrogen-bond acceptors (Lipinski definition) is 4. The Morgan fingerprint density at radius 2 is 2.20 bits per heavy atom. The molecule has 1 atom stereocenters. The van der Waals surface area contributed by atoms with Gasteiger partial charge in [-0.25, -0.2) is 0 Å². The fraction of sp³-hybridized carbons (Fsp3) is 0.636. The van der Waals surface area contributed by atoms with E-state index in [1.54, 1.807) is 0 Å². The van der Waals surface area contributed by atoms with Crippen LogP contribution in [0.2, 0.25) is 0 Å². The Balaban J connectivity index is 2.07. The van der Waals surface area contributed by atoms with Crippen molar-refractivity contribution in [1.29, 1.82) is 0 Å². The van der Waals surface area contributed by atoms with Crippen molar-refractivity contribution >= 4 is 5.82 Å². The minimum Gasteiger partial charge on any atom is -0.390 e. The van der Waals surface area contributed by atoms with Gasteiger partial charge in [-0.05, 0) is 37.8 Å². The molecular weight excluding hydrogens is 190 g/mol. The second-order valence-electron chi connectivity index (χ2n) is 4.23. The maximum atomic E-state index is 8.86. The number of rotatable bonds is 4. The molecule has 4 heteroatoms. The quantitative estimate of drug-likeness (QED) is 0.806. The molecule has 1 aliphatic rings. The van der Waals surface area contributed by atoms with Crippen LogP contribution in [0.3, 0.4) is 0 Å². The topological polar surface area (TPSA) is 49.2 Å². The predicted molar refractivity (Wildman–Crippen MR) is 58.5 cm³/mol. The van der Waals surface area contributed by atoms with Gasteiger partial charge >= 0.3 is 0 Å². The Bertz CT molecular complexity index is 321. The van der Waals surface area contributed by atoms with Crippen molar-refractivity contribution in [1.82, 2.24) is 10.2 Å². The normalized spacial score (nSPS) is 17.5. The first-order valence-electron chi connectivity index (χ1n) is 5.38. The van der Waals surface area contributed by atoms with Crippen LogP contribution in [0, 0.1) is 5.92 Å². The average molecular weight is 207 g/mol. The summed E-state index contributed by atoms with van der Waals surface area (Å²) in [4.78, 5) is 2.16. The molecule has 1 heterocycles. The van der Waals surface area contributed by atoms with E-state index in [4.69, 9.17) is 5.11 Å². The van der Waals surface area contributed by atoms with Gasteiger partial charge in [0.15, 0.2) is 5.82 Å². The zero-order valence-corrected chi connectivity index (χ0v) is 9.22. The number of hydrogen-bond donors (Lipinski definition) is 1. The number of aromatic nitrogens is 2. The molecule has 1 aromatic rings. The third kappa shape index (κ3) is 2.26. The van der Waals surface area contributed by atoms with Gasteiger partial charge in [0, 0.05) is 13.1 Å². The summed E-state index contributed by atoms with van der Waals surface area (Å²) in [5, 5.41) is 16.9. The molecule has 1 fully saturated rings. The zero-order chi connectivity index (χ0) is 10.8. The Hall–Kier alpha value is -1.16. The first-order valence-corrected chi connectivity index (χ1v) is 5.38. The van der Waals surface area contributed by atoms with Crippen molar-refractivity contribution in [3.05, 3.63) is 17.8 Å². The Labute approximate surface area is 89.9 Å². The van der Waals surface area contributed by atoms with E-state index in [2.05, 4.69) is 22.0 Å². The third-order valence-corrected chi connectivity index (χ3v) is 3.14. The smallest absolute Gasteiger partial charge is 0.151 e. The van der Waals surface area contributed by atoms with Gasteiger partial charge in [-0.3, -0.25) is 0 Å². The molecule has 0 saturated heterocycles. The molecule has 15 heavy (non-hydrogen) atoms. The van der Waals surface area contributed by atoms with Gasteiger partial charge in [-0.15, -0.1) is 5.10 Å². The summed E-state index contributed by atoms with van der Waals surface area (Å²) in [5.74, 6) is 1.70. The molecule has 0 aliphatic heterocycles. The second kappa shape index (κ2) is 4.14. The molecular formula is C11H17N3O. The van der Waals surface area contributed by atoms with Gasteiger partial charge in [0.25, 0.3) is 0 Å². The van der Waals surface area contributed by atoms with E-state index in [1.807, 2.05) is 19.2 Å². The highest BCUT2D eigenvalue weighted by Crippen LogP contribution is 2.35. The minimum absolute atomic E-state index is 0.0465. The molecule has 0 aromatic carbocycles. The van der Waals surface area contributed by atoms with Crippen LogP contribution < -0.4 is 4.90 Å². The number of aliphatic hydroxyl groups is 1. The van der Waals surface area contributed by atoms with Crippen LogP contribution in [-0.2, 0) is 6.61 Å². The zero-order valence-electron chi connectivity index (χ0n) is 9.22. The Morgan fingerprint density at radius 1 is 1.47 bits per heavy atom. The van der Waals surface area contributed by atoms with E-state index < -0.39 is 0 Å². The van der Waals surface area contributed by atoms with Gasteiger partial charge in [0.2, 0.25) is 0 Å². The van der Waals surface area contributed by atoms with Crippen LogP contribution in [-0.4, -0.2) is 28.4 Å². The summed E-state index contributed by atoms with van der Waals surface area (Å²) < 4.78 is 0. The van der Waals surface area contributed by atoms with E-state index in [1.165, 1.54) is 12.8 Å². The molecule has 1 saturated carbocycles. The molecule has 4 nitrogen and oxygen atoms in total. The molecule has 1 aromatic heterocycles. The highest BCUT2D eigenvalue weighted by Gasteiger charge is 2.31. The van der Waals surface area contributed by atoms with E-state index in [0.717, 1.165) is 11.7 Å². The summed E-state index contributed by atoms with van der Waals surface area (Å²) >= 11 is 0. The van der Waals surface area contributed by atoms with Crippen molar-refractivity contribution in [3.63, 3.8) is 0 Å². The van der Waals surface area contributed by atoms with E-state index >= 15 is 0 Å². The molecule has 1 aliphatic carbocycles. The first-order chi connectivity index (χ1) is 7.22. The molecule has 0 radical (unpaired) electrons. The Morgan fingerprint density at radius 3 is 2.67 bits per heavy atom. The van der Waals surface area contributed by atoms with Crippen molar-refractivity contribution in [3.8, 4) is 0 Å². The molecule has 1 N–H and O–H groups in total. The lowest BCUT2D eigenvalue weighted by Crippen LogP contribution is -2.31. The summed E-state index contributed by atoms with van der Waals surface area (Å²) in [7, 11) is 2.05. The van der Waals surface area contributed by atoms with Crippen LogP contribution in [0.15, 0.2) is 12.1 Å². The molecule has 0 amide bonds. The SMILES string of the molecule is CC(C1CC1)N(C)c1ccc(CO)nn1. The monoisotopic (exact) mass is 207 g/mol. The summed E-state index contributed by atoms with van der Waals surface area (Å²) in [6, 6.07) is 4.26. The molecule has 82 valence electrons. The number of anilines is 1. The predicted octanol–water partition coefficient (Wildman–Crippen LogP) is 1.20. The number of nitrogens with zero attached hydrogens (tertiary/aromatic N) is 3. The maximum Gasteiger partial charge on any atom is 0.151 e. The summed E-state index contributed by atoms with van der Waals surface area (Å²) in [5.41, 5.74) is 0.617. The van der Waals surface area contributed by atoms with Crippen LogP contribution in [0.25, 0.3) is 0 Å². The van der Waals surface area contributed by atoms with Crippen LogP contribution >= 0.6 is 0 Å². The van der Waals surface area contributed by atoms with Gasteiger partial charge in [0.1, 0.15) is 0 Å². The van der Waals surface area contributed by atoms with Gasteiger partial charge in [-0.1, -0.05) is 0 Å². The van der Waals surface area contributed by atoms with Gasteiger partial charge in [-0.2, -0.15) is 5.10 Å². The van der Waals surface area contributed by atoms with Crippen LogP contribution in [0.5, 0.6) is 0 Å². The number of aliphatic hydroxyl groups excluding tert-OH is 1. The molecule has 1 unspecified atom stereocenters. The lowest BCUT2D eigenvalue weighted by molar-refractivity contribution is 0.275. The third-order valence-electron chi connectivity index (χ3n) is 3.14. The minimum atomic E-state index is -0.0465. The molecule has 2 rings (SSSR count). The highest BCUT2D eigenvalue weighted by molar-refractivity contribution is 5.37. The van der Waals surface area contributed by atoms with Crippen LogP contribution in [0.1, 0.15) is 25.5 Å². The summed E-state index contributed by atoms with van der Waals surface area (Å²) in [6.07, 6.45) is 2.65. The standard InChI is InChI=1S/C11H17N3O/c1-8(9-3-4-9)14(2)11-6-5-10(7-15)12-13-11/h5-6,8-9,15H,3-4,7H2,1-2H3. The fourth-order valence-electron chi connectivity index (χ4n) is 1.73. The van der Waals surface area contributed by atoms with E-state index in [-0.39, 0.29) is 6.61 Å². The van der Waals surface area contributed by atoms with Crippen molar-refractivity contribution < 1.29 is 5.11 Å². The Kier molecular flexibility index (Phi) is 2.86. The largest absolute Gasteiger partial charge is 0.390 e.